The summed E-state index contributed by atoms with van der Waals surface area (Å²) in [5.41, 5.74) is 0.291. The highest BCUT2D eigenvalue weighted by Crippen LogP contribution is 2.20. The molecule has 1 aliphatic heterocycles. The van der Waals surface area contributed by atoms with Gasteiger partial charge in [-0.25, -0.2) is 14.5 Å². The van der Waals surface area contributed by atoms with E-state index in [-0.39, 0.29) is 23.7 Å². The first-order valence-corrected chi connectivity index (χ1v) is 9.75. The number of hydrogen-bond acceptors (Lipinski definition) is 6. The van der Waals surface area contributed by atoms with Gasteiger partial charge in [0, 0.05) is 36.1 Å². The summed E-state index contributed by atoms with van der Waals surface area (Å²) in [6.45, 7) is 6.55. The summed E-state index contributed by atoms with van der Waals surface area (Å²) in [4.78, 5) is 31.2. The lowest BCUT2D eigenvalue weighted by Gasteiger charge is -2.21. The van der Waals surface area contributed by atoms with Crippen LogP contribution < -0.4 is 16.6 Å². The van der Waals surface area contributed by atoms with Crippen LogP contribution in [0.2, 0.25) is 0 Å². The molecular formula is C17H22N6O2S. The molecule has 9 heteroatoms. The highest BCUT2D eigenvalue weighted by Gasteiger charge is 2.23. The zero-order chi connectivity index (χ0) is 18.3. The number of fused-ring (bicyclic) bond motifs is 1. The van der Waals surface area contributed by atoms with E-state index in [2.05, 4.69) is 15.4 Å². The Morgan fingerprint density at radius 1 is 1.38 bits per heavy atom. The maximum absolute atomic E-state index is 12.8. The second-order valence-corrected chi connectivity index (χ2v) is 7.88. The van der Waals surface area contributed by atoms with Gasteiger partial charge in [-0.1, -0.05) is 0 Å². The lowest BCUT2D eigenvalue weighted by atomic mass is 9.99. The molecule has 1 N–H and O–H groups in total. The number of rotatable bonds is 4. The smallest absolute Gasteiger partial charge is 0.316 e. The van der Waals surface area contributed by atoms with Crippen molar-refractivity contribution in [3.8, 4) is 0 Å². The van der Waals surface area contributed by atoms with E-state index in [4.69, 9.17) is 0 Å². The summed E-state index contributed by atoms with van der Waals surface area (Å²) in [6, 6.07) is 1.48. The molecule has 1 aliphatic rings. The minimum Gasteiger partial charge on any atom is -0.316 e. The van der Waals surface area contributed by atoms with Gasteiger partial charge < -0.3 is 5.32 Å². The molecule has 4 heterocycles. The van der Waals surface area contributed by atoms with Gasteiger partial charge in [-0.2, -0.15) is 5.10 Å². The minimum absolute atomic E-state index is 0.131. The van der Waals surface area contributed by atoms with Crippen molar-refractivity contribution in [1.82, 2.24) is 29.0 Å². The topological polar surface area (TPSA) is 86.2 Å². The Balaban J connectivity index is 1.71. The van der Waals surface area contributed by atoms with E-state index < -0.39 is 0 Å². The summed E-state index contributed by atoms with van der Waals surface area (Å²) < 4.78 is 4.71. The van der Waals surface area contributed by atoms with Crippen molar-refractivity contribution in [2.75, 3.05) is 13.1 Å². The second kappa shape index (κ2) is 6.81. The fraction of sp³-hybridized carbons (Fsp3) is 0.529. The Morgan fingerprint density at radius 2 is 2.23 bits per heavy atom. The predicted molar refractivity (Wildman–Crippen MR) is 100 cm³/mol. The summed E-state index contributed by atoms with van der Waals surface area (Å²) in [5, 5.41) is 7.97. The van der Waals surface area contributed by atoms with Gasteiger partial charge in [-0.05, 0) is 33.2 Å². The average Bonchev–Trinajstić information content (AvgIpc) is 3.16. The largest absolute Gasteiger partial charge is 0.346 e. The van der Waals surface area contributed by atoms with E-state index in [0.717, 1.165) is 36.6 Å². The van der Waals surface area contributed by atoms with Crippen LogP contribution in [-0.4, -0.2) is 36.8 Å². The summed E-state index contributed by atoms with van der Waals surface area (Å²) >= 11 is 1.46. The number of aromatic nitrogens is 5. The van der Waals surface area contributed by atoms with E-state index in [1.807, 2.05) is 13.8 Å². The van der Waals surface area contributed by atoms with Crippen LogP contribution in [0.4, 0.5) is 0 Å². The Morgan fingerprint density at radius 3 is 2.96 bits per heavy atom. The fourth-order valence-electron chi connectivity index (χ4n) is 3.53. The van der Waals surface area contributed by atoms with Crippen LogP contribution in [0.3, 0.4) is 0 Å². The summed E-state index contributed by atoms with van der Waals surface area (Å²) in [5.74, 6) is 1.08. The number of aryl methyl sites for hydroxylation is 1. The van der Waals surface area contributed by atoms with E-state index in [0.29, 0.717) is 17.2 Å². The maximum atomic E-state index is 12.8. The van der Waals surface area contributed by atoms with E-state index in [1.54, 1.807) is 10.8 Å². The molecule has 26 heavy (non-hydrogen) atoms. The predicted octanol–water partition coefficient (Wildman–Crippen LogP) is 0.958. The van der Waals surface area contributed by atoms with E-state index in [1.165, 1.54) is 26.5 Å². The monoisotopic (exact) mass is 374 g/mol. The highest BCUT2D eigenvalue weighted by molar-refractivity contribution is 7.16. The maximum Gasteiger partial charge on any atom is 0.346 e. The van der Waals surface area contributed by atoms with Crippen LogP contribution in [0.1, 0.15) is 42.1 Å². The van der Waals surface area contributed by atoms with Gasteiger partial charge in [0.25, 0.3) is 5.56 Å². The molecule has 0 saturated carbocycles. The SMILES string of the molecule is CCn1c([C@H]2CCCNC2)nn(Cc2cc(=O)n3cc(C)sc3n2)c1=O. The summed E-state index contributed by atoms with van der Waals surface area (Å²) in [7, 11) is 0. The quantitative estimate of drug-likeness (QED) is 0.735. The van der Waals surface area contributed by atoms with Crippen LogP contribution in [0, 0.1) is 6.92 Å². The number of hydrogen-bond donors (Lipinski definition) is 1. The molecule has 0 radical (unpaired) electrons. The van der Waals surface area contributed by atoms with E-state index in [9.17, 15) is 9.59 Å². The first kappa shape index (κ1) is 17.2. The third-order valence-corrected chi connectivity index (χ3v) is 5.68. The molecule has 1 atom stereocenters. The molecule has 8 nitrogen and oxygen atoms in total. The van der Waals surface area contributed by atoms with Crippen LogP contribution in [0.25, 0.3) is 4.96 Å². The van der Waals surface area contributed by atoms with Crippen LogP contribution in [0.5, 0.6) is 0 Å². The first-order chi connectivity index (χ1) is 12.6. The van der Waals surface area contributed by atoms with Gasteiger partial charge >= 0.3 is 5.69 Å². The number of nitrogens with one attached hydrogen (secondary N) is 1. The molecule has 0 amide bonds. The van der Waals surface area contributed by atoms with Crippen molar-refractivity contribution in [1.29, 1.82) is 0 Å². The molecule has 0 spiro atoms. The van der Waals surface area contributed by atoms with Gasteiger partial charge in [0.2, 0.25) is 0 Å². The molecule has 3 aromatic rings. The van der Waals surface area contributed by atoms with Gasteiger partial charge in [-0.3, -0.25) is 13.8 Å². The number of thiazole rings is 1. The molecule has 4 rings (SSSR count). The Kier molecular flexibility index (Phi) is 4.49. The molecule has 0 bridgehead atoms. The highest BCUT2D eigenvalue weighted by atomic mass is 32.1. The zero-order valence-corrected chi connectivity index (χ0v) is 15.8. The standard InChI is InChI=1S/C17H22N6O2S/c1-3-21-15(12-5-4-6-18-8-12)20-23(17(21)25)10-13-7-14(24)22-9-11(2)26-16(22)19-13/h7,9,12,18H,3-6,8,10H2,1-2H3/t12-/m0/s1. The Hall–Kier alpha value is -2.26. The third-order valence-electron chi connectivity index (χ3n) is 4.78. The number of nitrogens with zero attached hydrogens (tertiary/aromatic N) is 5. The lowest BCUT2D eigenvalue weighted by Crippen LogP contribution is -2.31. The van der Waals surface area contributed by atoms with Crippen LogP contribution >= 0.6 is 11.3 Å². The van der Waals surface area contributed by atoms with Crippen molar-refractivity contribution < 1.29 is 0 Å². The third kappa shape index (κ3) is 3.01. The molecule has 138 valence electrons. The van der Waals surface area contributed by atoms with Gasteiger partial charge in [0.05, 0.1) is 12.2 Å². The molecule has 1 fully saturated rings. The zero-order valence-electron chi connectivity index (χ0n) is 14.9. The van der Waals surface area contributed by atoms with Gasteiger partial charge in [0.15, 0.2) is 4.96 Å². The van der Waals surface area contributed by atoms with Crippen molar-refractivity contribution >= 4 is 16.3 Å². The summed E-state index contributed by atoms with van der Waals surface area (Å²) in [6.07, 6.45) is 3.90. The Labute approximate surface area is 154 Å². The van der Waals surface area contributed by atoms with Crippen molar-refractivity contribution in [3.05, 3.63) is 49.5 Å². The molecule has 0 aliphatic carbocycles. The lowest BCUT2D eigenvalue weighted by molar-refractivity contribution is 0.431. The Bertz CT molecular complexity index is 1050. The van der Waals surface area contributed by atoms with Crippen LogP contribution in [-0.2, 0) is 13.1 Å². The van der Waals surface area contributed by atoms with Crippen LogP contribution in [0.15, 0.2) is 21.9 Å². The average molecular weight is 374 g/mol. The molecule has 1 saturated heterocycles. The van der Waals surface area contributed by atoms with Crippen molar-refractivity contribution in [2.45, 2.75) is 45.7 Å². The normalized spacial score (nSPS) is 17.8. The number of piperidine rings is 1. The van der Waals surface area contributed by atoms with Crippen molar-refractivity contribution in [3.63, 3.8) is 0 Å². The molecular weight excluding hydrogens is 352 g/mol. The molecule has 3 aromatic heterocycles. The van der Waals surface area contributed by atoms with E-state index >= 15 is 0 Å². The molecule has 0 aromatic carbocycles. The van der Waals surface area contributed by atoms with Crippen molar-refractivity contribution in [2.24, 2.45) is 0 Å². The first-order valence-electron chi connectivity index (χ1n) is 8.93. The fourth-order valence-corrected chi connectivity index (χ4v) is 4.38. The van der Waals surface area contributed by atoms with Gasteiger partial charge in [-0.15, -0.1) is 11.3 Å². The second-order valence-electron chi connectivity index (χ2n) is 6.67. The molecule has 0 unspecified atom stereocenters. The minimum atomic E-state index is -0.141. The van der Waals surface area contributed by atoms with Gasteiger partial charge in [0.1, 0.15) is 5.82 Å².